The molecule has 0 aliphatic carbocycles. The van der Waals surface area contributed by atoms with E-state index < -0.39 is 0 Å². The van der Waals surface area contributed by atoms with Crippen LogP contribution in [0.25, 0.3) is 0 Å². The number of halogens is 2. The molecule has 1 unspecified atom stereocenters. The molecule has 0 amide bonds. The number of likely N-dealkylation sites (N-methyl/N-ethyl adjacent to an activating group) is 1. The van der Waals surface area contributed by atoms with Crippen molar-refractivity contribution in [3.63, 3.8) is 0 Å². The highest BCUT2D eigenvalue weighted by Gasteiger charge is 2.20. The molecule has 4 nitrogen and oxygen atoms in total. The Hall–Kier alpha value is -0.910. The van der Waals surface area contributed by atoms with Gasteiger partial charge in [0.2, 0.25) is 0 Å². The topological polar surface area (TPSA) is 42.7 Å². The highest BCUT2D eigenvalue weighted by molar-refractivity contribution is 9.10. The van der Waals surface area contributed by atoms with Gasteiger partial charge >= 0.3 is 0 Å². The summed E-state index contributed by atoms with van der Waals surface area (Å²) in [5.74, 6) is 0. The van der Waals surface area contributed by atoms with Gasteiger partial charge in [-0.1, -0.05) is 41.9 Å². The van der Waals surface area contributed by atoms with Crippen LogP contribution < -0.4 is 5.32 Å². The first-order valence-corrected chi connectivity index (χ1v) is 7.32. The fourth-order valence-corrected chi connectivity index (χ4v) is 2.92. The van der Waals surface area contributed by atoms with E-state index in [0.717, 1.165) is 33.8 Å². The Morgan fingerprint density at radius 3 is 2.74 bits per heavy atom. The first-order chi connectivity index (χ1) is 9.13. The van der Waals surface area contributed by atoms with Gasteiger partial charge in [0.25, 0.3) is 0 Å². The van der Waals surface area contributed by atoms with Gasteiger partial charge in [-0.25, -0.2) is 4.68 Å². The minimum Gasteiger partial charge on any atom is -0.309 e. The summed E-state index contributed by atoms with van der Waals surface area (Å²) >= 11 is 9.68. The summed E-state index contributed by atoms with van der Waals surface area (Å²) in [4.78, 5) is 0. The summed E-state index contributed by atoms with van der Waals surface area (Å²) in [6.07, 6.45) is 0.799. The van der Waals surface area contributed by atoms with Crippen LogP contribution in [0.3, 0.4) is 0 Å². The van der Waals surface area contributed by atoms with Crippen molar-refractivity contribution in [2.24, 2.45) is 7.05 Å². The predicted molar refractivity (Wildman–Crippen MR) is 80.3 cm³/mol. The third kappa shape index (κ3) is 3.35. The number of rotatable bonds is 5. The minimum atomic E-state index is 0.124. The van der Waals surface area contributed by atoms with Gasteiger partial charge in [0.05, 0.1) is 11.7 Å². The molecule has 0 aliphatic rings. The molecule has 1 N–H and O–H groups in total. The lowest BCUT2D eigenvalue weighted by Crippen LogP contribution is -2.25. The Bertz CT molecular complexity index is 536. The molecule has 0 spiro atoms. The molecule has 19 heavy (non-hydrogen) atoms. The van der Waals surface area contributed by atoms with Crippen molar-refractivity contribution in [3.05, 3.63) is 45.1 Å². The van der Waals surface area contributed by atoms with E-state index in [4.69, 9.17) is 11.6 Å². The van der Waals surface area contributed by atoms with Crippen LogP contribution in [0, 0.1) is 0 Å². The Morgan fingerprint density at radius 2 is 2.16 bits per heavy atom. The highest BCUT2D eigenvalue weighted by Crippen LogP contribution is 2.26. The van der Waals surface area contributed by atoms with Crippen LogP contribution in [-0.2, 0) is 13.5 Å². The van der Waals surface area contributed by atoms with Gasteiger partial charge in [0.15, 0.2) is 4.60 Å². The third-order valence-electron chi connectivity index (χ3n) is 2.99. The molecular weight excluding hydrogens is 328 g/mol. The van der Waals surface area contributed by atoms with Crippen LogP contribution in [0.2, 0.25) is 5.02 Å². The van der Waals surface area contributed by atoms with Crippen LogP contribution >= 0.6 is 27.5 Å². The Labute approximate surface area is 126 Å². The summed E-state index contributed by atoms with van der Waals surface area (Å²) in [5.41, 5.74) is 2.14. The van der Waals surface area contributed by atoms with E-state index in [0.29, 0.717) is 0 Å². The predicted octanol–water partition coefficient (Wildman–Crippen LogP) is 3.12. The van der Waals surface area contributed by atoms with Crippen molar-refractivity contribution < 1.29 is 0 Å². The summed E-state index contributed by atoms with van der Waals surface area (Å²) < 4.78 is 2.56. The van der Waals surface area contributed by atoms with Crippen LogP contribution in [0.4, 0.5) is 0 Å². The zero-order valence-corrected chi connectivity index (χ0v) is 13.2. The van der Waals surface area contributed by atoms with Gasteiger partial charge in [-0.15, -0.1) is 5.10 Å². The molecule has 0 radical (unpaired) electrons. The molecule has 2 rings (SSSR count). The lowest BCUT2D eigenvalue weighted by atomic mass is 10.0. The molecule has 0 saturated carbocycles. The number of hydrogen-bond donors (Lipinski definition) is 1. The lowest BCUT2D eigenvalue weighted by Gasteiger charge is -2.19. The molecule has 2 aromatic rings. The quantitative estimate of drug-likeness (QED) is 0.907. The number of aromatic nitrogens is 3. The largest absolute Gasteiger partial charge is 0.309 e. The molecule has 1 heterocycles. The molecule has 0 fully saturated rings. The molecule has 0 saturated heterocycles. The standard InChI is InChI=1S/C13H16BrClN4/c1-3-16-11(12-13(14)17-18-19(12)2)8-9-6-4-5-7-10(9)15/h4-7,11,16H,3,8H2,1-2H3. The number of nitrogens with one attached hydrogen (secondary N) is 1. The summed E-state index contributed by atoms with van der Waals surface area (Å²) in [6.45, 7) is 2.95. The molecule has 0 aliphatic heterocycles. The van der Waals surface area contributed by atoms with E-state index in [9.17, 15) is 0 Å². The first-order valence-electron chi connectivity index (χ1n) is 6.15. The Balaban J connectivity index is 2.29. The zero-order valence-electron chi connectivity index (χ0n) is 10.9. The van der Waals surface area contributed by atoms with Gasteiger partial charge < -0.3 is 5.32 Å². The van der Waals surface area contributed by atoms with E-state index >= 15 is 0 Å². The van der Waals surface area contributed by atoms with E-state index in [1.165, 1.54) is 0 Å². The minimum absolute atomic E-state index is 0.124. The fourth-order valence-electron chi connectivity index (χ4n) is 2.10. The fraction of sp³-hybridized carbons (Fsp3) is 0.385. The zero-order chi connectivity index (χ0) is 13.8. The van der Waals surface area contributed by atoms with Gasteiger partial charge in [0, 0.05) is 12.1 Å². The maximum atomic E-state index is 6.23. The van der Waals surface area contributed by atoms with E-state index in [1.807, 2.05) is 31.3 Å². The lowest BCUT2D eigenvalue weighted by molar-refractivity contribution is 0.505. The summed E-state index contributed by atoms with van der Waals surface area (Å²) in [6, 6.07) is 8.02. The van der Waals surface area contributed by atoms with Crippen LogP contribution in [0.15, 0.2) is 28.9 Å². The molecule has 1 atom stereocenters. The molecular formula is C13H16BrClN4. The van der Waals surface area contributed by atoms with Gasteiger partial charge in [-0.3, -0.25) is 0 Å². The van der Waals surface area contributed by atoms with Gasteiger partial charge in [-0.05, 0) is 40.5 Å². The summed E-state index contributed by atoms with van der Waals surface area (Å²) in [7, 11) is 1.89. The highest BCUT2D eigenvalue weighted by atomic mass is 79.9. The number of hydrogen-bond acceptors (Lipinski definition) is 3. The van der Waals surface area contributed by atoms with Gasteiger partial charge in [-0.2, -0.15) is 0 Å². The maximum absolute atomic E-state index is 6.23. The van der Waals surface area contributed by atoms with Crippen LogP contribution in [-0.4, -0.2) is 21.5 Å². The monoisotopic (exact) mass is 342 g/mol. The number of nitrogens with zero attached hydrogens (tertiary/aromatic N) is 3. The molecule has 6 heteroatoms. The van der Waals surface area contributed by atoms with Crippen molar-refractivity contribution in [2.75, 3.05) is 6.54 Å². The number of aryl methyl sites for hydroxylation is 1. The molecule has 1 aromatic heterocycles. The average molecular weight is 344 g/mol. The smallest absolute Gasteiger partial charge is 0.153 e. The first kappa shape index (κ1) is 14.5. The Kier molecular flexibility index (Phi) is 4.96. The van der Waals surface area contributed by atoms with Gasteiger partial charge in [0.1, 0.15) is 0 Å². The average Bonchev–Trinajstić information content (AvgIpc) is 2.71. The SMILES string of the molecule is CCNC(Cc1ccccc1Cl)c1c(Br)nnn1C. The van der Waals surface area contributed by atoms with E-state index in [2.05, 4.69) is 38.5 Å². The Morgan fingerprint density at radius 1 is 1.42 bits per heavy atom. The molecule has 0 bridgehead atoms. The van der Waals surface area contributed by atoms with E-state index in [-0.39, 0.29) is 6.04 Å². The normalized spacial score (nSPS) is 12.6. The van der Waals surface area contributed by atoms with Crippen molar-refractivity contribution in [2.45, 2.75) is 19.4 Å². The van der Waals surface area contributed by atoms with Crippen molar-refractivity contribution in [1.29, 1.82) is 0 Å². The van der Waals surface area contributed by atoms with Crippen molar-refractivity contribution >= 4 is 27.5 Å². The second kappa shape index (κ2) is 6.50. The second-order valence-corrected chi connectivity index (χ2v) is 5.45. The van der Waals surface area contributed by atoms with Crippen LogP contribution in [0.1, 0.15) is 24.2 Å². The van der Waals surface area contributed by atoms with Crippen molar-refractivity contribution in [1.82, 2.24) is 20.3 Å². The number of benzene rings is 1. The maximum Gasteiger partial charge on any atom is 0.153 e. The summed E-state index contributed by atoms with van der Waals surface area (Å²) in [5, 5.41) is 12.3. The third-order valence-corrected chi connectivity index (χ3v) is 3.92. The van der Waals surface area contributed by atoms with E-state index in [1.54, 1.807) is 4.68 Å². The second-order valence-electron chi connectivity index (χ2n) is 4.29. The van der Waals surface area contributed by atoms with Crippen LogP contribution in [0.5, 0.6) is 0 Å². The molecule has 102 valence electrons. The molecule has 1 aromatic carbocycles. The van der Waals surface area contributed by atoms with Crippen molar-refractivity contribution in [3.8, 4) is 0 Å².